The Morgan fingerprint density at radius 3 is 2.55 bits per heavy atom. The minimum absolute atomic E-state index is 0.161. The first kappa shape index (κ1) is 16.4. The average Bonchev–Trinajstić information content (AvgIpc) is 2.47. The highest BCUT2D eigenvalue weighted by atomic mass is 35.5. The lowest BCUT2D eigenvalue weighted by Gasteiger charge is -2.12. The van der Waals surface area contributed by atoms with Gasteiger partial charge in [0.15, 0.2) is 6.61 Å². The second-order valence-corrected chi connectivity index (χ2v) is 5.77. The molecule has 0 unspecified atom stereocenters. The summed E-state index contributed by atoms with van der Waals surface area (Å²) < 4.78 is 10.6. The van der Waals surface area contributed by atoms with Gasteiger partial charge < -0.3 is 9.47 Å². The predicted octanol–water partition coefficient (Wildman–Crippen LogP) is 4.76. The van der Waals surface area contributed by atoms with Gasteiger partial charge in [-0.1, -0.05) is 43.6 Å². The summed E-state index contributed by atoms with van der Waals surface area (Å²) in [6.45, 7) is 6.16. The highest BCUT2D eigenvalue weighted by Crippen LogP contribution is 2.25. The van der Waals surface area contributed by atoms with Gasteiger partial charge in [-0.2, -0.15) is 0 Å². The number of halogens is 1. The SMILES string of the molecule is Cc1cc(OCC(=O)Oc2ccccc2Cl)ccc1C(C)C. The molecule has 2 aromatic carbocycles. The van der Waals surface area contributed by atoms with E-state index >= 15 is 0 Å². The highest BCUT2D eigenvalue weighted by Gasteiger charge is 2.10. The maximum atomic E-state index is 11.8. The van der Waals surface area contributed by atoms with E-state index < -0.39 is 5.97 Å². The summed E-state index contributed by atoms with van der Waals surface area (Å²) in [5.41, 5.74) is 2.41. The van der Waals surface area contributed by atoms with E-state index in [9.17, 15) is 4.79 Å². The van der Waals surface area contributed by atoms with Crippen molar-refractivity contribution in [3.63, 3.8) is 0 Å². The fourth-order valence-electron chi connectivity index (χ4n) is 2.21. The Morgan fingerprint density at radius 2 is 1.91 bits per heavy atom. The first-order chi connectivity index (χ1) is 10.5. The number of hydrogen-bond acceptors (Lipinski definition) is 3. The Hall–Kier alpha value is -2.00. The van der Waals surface area contributed by atoms with E-state index in [0.29, 0.717) is 22.4 Å². The van der Waals surface area contributed by atoms with Crippen molar-refractivity contribution < 1.29 is 14.3 Å². The van der Waals surface area contributed by atoms with Crippen molar-refractivity contribution in [2.24, 2.45) is 0 Å². The van der Waals surface area contributed by atoms with Gasteiger partial charge in [0, 0.05) is 0 Å². The second kappa shape index (κ2) is 7.32. The highest BCUT2D eigenvalue weighted by molar-refractivity contribution is 6.32. The van der Waals surface area contributed by atoms with Gasteiger partial charge in [-0.3, -0.25) is 0 Å². The Bertz CT molecular complexity index is 665. The molecule has 3 nitrogen and oxygen atoms in total. The zero-order chi connectivity index (χ0) is 16.1. The fraction of sp³-hybridized carbons (Fsp3) is 0.278. The van der Waals surface area contributed by atoms with Crippen LogP contribution in [0.4, 0.5) is 0 Å². The average molecular weight is 319 g/mol. The van der Waals surface area contributed by atoms with Crippen LogP contribution in [0, 0.1) is 6.92 Å². The third-order valence-electron chi connectivity index (χ3n) is 3.28. The molecule has 2 rings (SSSR count). The summed E-state index contributed by atoms with van der Waals surface area (Å²) in [4.78, 5) is 11.8. The summed E-state index contributed by atoms with van der Waals surface area (Å²) in [6, 6.07) is 12.7. The summed E-state index contributed by atoms with van der Waals surface area (Å²) in [7, 11) is 0. The third-order valence-corrected chi connectivity index (χ3v) is 3.59. The van der Waals surface area contributed by atoms with Crippen LogP contribution in [-0.2, 0) is 4.79 Å². The molecule has 0 atom stereocenters. The first-order valence-electron chi connectivity index (χ1n) is 7.16. The van der Waals surface area contributed by atoms with Gasteiger partial charge in [-0.05, 0) is 48.2 Å². The second-order valence-electron chi connectivity index (χ2n) is 5.37. The first-order valence-corrected chi connectivity index (χ1v) is 7.53. The molecule has 22 heavy (non-hydrogen) atoms. The standard InChI is InChI=1S/C18H19ClO3/c1-12(2)15-9-8-14(10-13(15)3)21-11-18(20)22-17-7-5-4-6-16(17)19/h4-10,12H,11H2,1-3H3. The van der Waals surface area contributed by atoms with Gasteiger partial charge in [0.25, 0.3) is 0 Å². The molecule has 0 saturated heterocycles. The summed E-state index contributed by atoms with van der Waals surface area (Å²) in [5.74, 6) is 0.958. The maximum absolute atomic E-state index is 11.8. The molecule has 0 aliphatic heterocycles. The molecule has 0 amide bonds. The minimum Gasteiger partial charge on any atom is -0.482 e. The number of esters is 1. The Balaban J connectivity index is 1.94. The van der Waals surface area contributed by atoms with Crippen molar-refractivity contribution in [3.05, 3.63) is 58.6 Å². The fourth-order valence-corrected chi connectivity index (χ4v) is 2.38. The van der Waals surface area contributed by atoms with Crippen LogP contribution in [0.1, 0.15) is 30.9 Å². The van der Waals surface area contributed by atoms with Crippen molar-refractivity contribution in [2.45, 2.75) is 26.7 Å². The smallest absolute Gasteiger partial charge is 0.349 e. The van der Waals surface area contributed by atoms with Crippen LogP contribution < -0.4 is 9.47 Å². The van der Waals surface area contributed by atoms with Crippen molar-refractivity contribution in [1.82, 2.24) is 0 Å². The van der Waals surface area contributed by atoms with Gasteiger partial charge in [0.05, 0.1) is 5.02 Å². The third kappa shape index (κ3) is 4.25. The Morgan fingerprint density at radius 1 is 1.18 bits per heavy atom. The van der Waals surface area contributed by atoms with E-state index in [0.717, 1.165) is 5.56 Å². The normalized spacial score (nSPS) is 10.6. The van der Waals surface area contributed by atoms with E-state index in [1.807, 2.05) is 25.1 Å². The molecule has 116 valence electrons. The minimum atomic E-state index is -0.487. The quantitative estimate of drug-likeness (QED) is 0.589. The van der Waals surface area contributed by atoms with Crippen LogP contribution in [-0.4, -0.2) is 12.6 Å². The number of aryl methyl sites for hydroxylation is 1. The number of hydrogen-bond donors (Lipinski definition) is 0. The lowest BCUT2D eigenvalue weighted by molar-refractivity contribution is -0.136. The van der Waals surface area contributed by atoms with Gasteiger partial charge in [0.2, 0.25) is 0 Å². The van der Waals surface area contributed by atoms with Crippen LogP contribution in [0.15, 0.2) is 42.5 Å². The molecule has 0 heterocycles. The number of benzene rings is 2. The molecular formula is C18H19ClO3. The van der Waals surface area contributed by atoms with Crippen LogP contribution in [0.25, 0.3) is 0 Å². The van der Waals surface area contributed by atoms with E-state index in [1.165, 1.54) is 5.56 Å². The van der Waals surface area contributed by atoms with E-state index in [1.54, 1.807) is 24.3 Å². The van der Waals surface area contributed by atoms with Crippen molar-refractivity contribution >= 4 is 17.6 Å². The molecule has 0 radical (unpaired) electrons. The summed E-state index contributed by atoms with van der Waals surface area (Å²) in [6.07, 6.45) is 0. The molecule has 0 aliphatic rings. The summed E-state index contributed by atoms with van der Waals surface area (Å²) >= 11 is 5.94. The van der Waals surface area contributed by atoms with Crippen LogP contribution in [0.5, 0.6) is 11.5 Å². The monoisotopic (exact) mass is 318 g/mol. The zero-order valence-corrected chi connectivity index (χ0v) is 13.7. The molecule has 2 aromatic rings. The number of carbonyl (C=O) groups excluding carboxylic acids is 1. The number of rotatable bonds is 5. The van der Waals surface area contributed by atoms with Crippen molar-refractivity contribution in [3.8, 4) is 11.5 Å². The topological polar surface area (TPSA) is 35.5 Å². The van der Waals surface area contributed by atoms with Crippen molar-refractivity contribution in [1.29, 1.82) is 0 Å². The summed E-state index contributed by atoms with van der Waals surface area (Å²) in [5, 5.41) is 0.396. The molecule has 0 saturated carbocycles. The molecule has 0 fully saturated rings. The number of para-hydroxylation sites is 1. The molecule has 0 aliphatic carbocycles. The van der Waals surface area contributed by atoms with Crippen LogP contribution in [0.3, 0.4) is 0 Å². The lowest BCUT2D eigenvalue weighted by Crippen LogP contribution is -2.17. The van der Waals surface area contributed by atoms with Gasteiger partial charge in [0.1, 0.15) is 11.5 Å². The zero-order valence-electron chi connectivity index (χ0n) is 12.9. The largest absolute Gasteiger partial charge is 0.482 e. The van der Waals surface area contributed by atoms with Crippen molar-refractivity contribution in [2.75, 3.05) is 6.61 Å². The van der Waals surface area contributed by atoms with E-state index in [4.69, 9.17) is 21.1 Å². The van der Waals surface area contributed by atoms with Gasteiger partial charge >= 0.3 is 5.97 Å². The van der Waals surface area contributed by atoms with E-state index in [-0.39, 0.29) is 6.61 Å². The molecular weight excluding hydrogens is 300 g/mol. The Kier molecular flexibility index (Phi) is 5.45. The molecule has 0 N–H and O–H groups in total. The molecule has 4 heteroatoms. The van der Waals surface area contributed by atoms with Crippen LogP contribution in [0.2, 0.25) is 5.02 Å². The van der Waals surface area contributed by atoms with E-state index in [2.05, 4.69) is 13.8 Å². The van der Waals surface area contributed by atoms with Crippen LogP contribution >= 0.6 is 11.6 Å². The molecule has 0 aromatic heterocycles. The Labute approximate surface area is 135 Å². The lowest BCUT2D eigenvalue weighted by atomic mass is 9.98. The number of ether oxygens (including phenoxy) is 2. The molecule has 0 spiro atoms. The number of carbonyl (C=O) groups is 1. The van der Waals surface area contributed by atoms with Gasteiger partial charge in [-0.25, -0.2) is 4.79 Å². The molecule has 0 bridgehead atoms. The van der Waals surface area contributed by atoms with Gasteiger partial charge in [-0.15, -0.1) is 0 Å². The maximum Gasteiger partial charge on any atom is 0.349 e. The predicted molar refractivity (Wildman–Crippen MR) is 87.9 cm³/mol.